The molecule has 1 heterocycles. The van der Waals surface area contributed by atoms with E-state index in [4.69, 9.17) is 0 Å². The van der Waals surface area contributed by atoms with Gasteiger partial charge in [-0.25, -0.2) is 8.42 Å². The zero-order valence-electron chi connectivity index (χ0n) is 17.7. The van der Waals surface area contributed by atoms with Crippen molar-refractivity contribution < 1.29 is 13.2 Å². The zero-order chi connectivity index (χ0) is 22.0. The van der Waals surface area contributed by atoms with Crippen LogP contribution in [0.15, 0.2) is 83.8 Å². The van der Waals surface area contributed by atoms with Gasteiger partial charge in [-0.1, -0.05) is 49.4 Å². The van der Waals surface area contributed by atoms with Gasteiger partial charge in [0.05, 0.1) is 10.6 Å². The predicted octanol–water partition coefficient (Wildman–Crippen LogP) is 4.74. The first-order valence-electron chi connectivity index (χ1n) is 10.5. The summed E-state index contributed by atoms with van der Waals surface area (Å²) in [4.78, 5) is 15.3. The molecule has 1 unspecified atom stereocenters. The molecule has 0 saturated carbocycles. The number of carbonyl (C=O) groups is 1. The monoisotopic (exact) mass is 434 g/mol. The van der Waals surface area contributed by atoms with E-state index in [0.717, 1.165) is 17.7 Å². The molecule has 0 fully saturated rings. The Kier molecular flexibility index (Phi) is 5.83. The molecule has 0 aliphatic carbocycles. The van der Waals surface area contributed by atoms with Gasteiger partial charge < -0.3 is 4.90 Å². The van der Waals surface area contributed by atoms with Crippen molar-refractivity contribution in [3.05, 3.63) is 90.0 Å². The minimum atomic E-state index is -3.80. The maximum atomic E-state index is 13.4. The van der Waals surface area contributed by atoms with Crippen LogP contribution in [0, 0.1) is 5.92 Å². The fourth-order valence-corrected chi connectivity index (χ4v) is 5.67. The molecule has 5 nitrogen and oxygen atoms in total. The van der Waals surface area contributed by atoms with Crippen LogP contribution in [0.3, 0.4) is 0 Å². The van der Waals surface area contributed by atoms with E-state index >= 15 is 0 Å². The summed E-state index contributed by atoms with van der Waals surface area (Å²) < 4.78 is 28.1. The number of sulfonamides is 1. The first kappa shape index (κ1) is 21.1. The topological polar surface area (TPSA) is 57.7 Å². The molecule has 1 atom stereocenters. The van der Waals surface area contributed by atoms with Gasteiger partial charge in [0.1, 0.15) is 0 Å². The fraction of sp³-hybridized carbons (Fsp3) is 0.240. The summed E-state index contributed by atoms with van der Waals surface area (Å²) in [5.41, 5.74) is 3.01. The van der Waals surface area contributed by atoms with Gasteiger partial charge in [-0.15, -0.1) is 0 Å². The molecular weight excluding hydrogens is 408 g/mol. The van der Waals surface area contributed by atoms with Gasteiger partial charge in [0, 0.05) is 24.3 Å². The summed E-state index contributed by atoms with van der Waals surface area (Å²) in [6, 6.07) is 23.3. The largest absolute Gasteiger partial charge is 0.308 e. The van der Waals surface area contributed by atoms with Crippen LogP contribution in [-0.4, -0.2) is 27.4 Å². The smallest absolute Gasteiger partial charge is 0.264 e. The predicted molar refractivity (Wildman–Crippen MR) is 124 cm³/mol. The number of anilines is 2. The summed E-state index contributed by atoms with van der Waals surface area (Å²) in [6.07, 6.45) is 0.927. The first-order chi connectivity index (χ1) is 14.9. The molecule has 0 bridgehead atoms. The van der Waals surface area contributed by atoms with Gasteiger partial charge in [0.15, 0.2) is 0 Å². The van der Waals surface area contributed by atoms with Gasteiger partial charge in [-0.2, -0.15) is 0 Å². The highest BCUT2D eigenvalue weighted by molar-refractivity contribution is 7.92. The van der Waals surface area contributed by atoms with Gasteiger partial charge in [-0.05, 0) is 61.2 Å². The Morgan fingerprint density at radius 1 is 1.00 bits per heavy atom. The number of benzene rings is 3. The number of hydrogen-bond donors (Lipinski definition) is 0. The molecule has 160 valence electrons. The lowest BCUT2D eigenvalue weighted by Gasteiger charge is -2.33. The van der Waals surface area contributed by atoms with Crippen LogP contribution in [-0.2, 0) is 16.4 Å². The zero-order valence-corrected chi connectivity index (χ0v) is 18.5. The van der Waals surface area contributed by atoms with E-state index in [1.807, 2.05) is 42.5 Å². The number of para-hydroxylation sites is 2. The standard InChI is InChI=1S/C25H26N2O3S/c1-3-27(22-12-5-4-6-13-22)31(29,30)23-14-9-11-21(17-23)25(28)26-18-19(2)16-20-10-7-8-15-24(20)26/h4-15,17,19H,3,16,18H2,1-2H3. The Morgan fingerprint density at radius 3 is 2.45 bits per heavy atom. The molecule has 0 saturated heterocycles. The minimum absolute atomic E-state index is 0.113. The number of rotatable bonds is 5. The second-order valence-electron chi connectivity index (χ2n) is 7.89. The van der Waals surface area contributed by atoms with E-state index in [-0.39, 0.29) is 10.8 Å². The SMILES string of the molecule is CCN(c1ccccc1)S(=O)(=O)c1cccc(C(=O)N2CC(C)Cc3ccccc32)c1. The Balaban J connectivity index is 1.70. The van der Waals surface area contributed by atoms with Crippen molar-refractivity contribution >= 4 is 27.3 Å². The van der Waals surface area contributed by atoms with Crippen LogP contribution in [0.5, 0.6) is 0 Å². The number of fused-ring (bicyclic) bond motifs is 1. The molecule has 0 aromatic heterocycles. The molecule has 31 heavy (non-hydrogen) atoms. The molecule has 3 aromatic carbocycles. The van der Waals surface area contributed by atoms with E-state index in [9.17, 15) is 13.2 Å². The average molecular weight is 435 g/mol. The fourth-order valence-electron chi connectivity index (χ4n) is 4.15. The third-order valence-electron chi connectivity index (χ3n) is 5.59. The maximum absolute atomic E-state index is 13.4. The normalized spacial score (nSPS) is 15.9. The van der Waals surface area contributed by atoms with Crippen molar-refractivity contribution in [3.63, 3.8) is 0 Å². The highest BCUT2D eigenvalue weighted by Gasteiger charge is 2.29. The Bertz CT molecular complexity index is 1190. The van der Waals surface area contributed by atoms with E-state index < -0.39 is 10.0 Å². The molecular formula is C25H26N2O3S. The third kappa shape index (κ3) is 4.08. The summed E-state index contributed by atoms with van der Waals surface area (Å²) in [5.74, 6) is 0.151. The highest BCUT2D eigenvalue weighted by atomic mass is 32.2. The number of nitrogens with zero attached hydrogens (tertiary/aromatic N) is 2. The lowest BCUT2D eigenvalue weighted by Crippen LogP contribution is -2.39. The van der Waals surface area contributed by atoms with E-state index in [0.29, 0.717) is 30.3 Å². The van der Waals surface area contributed by atoms with E-state index in [1.54, 1.807) is 42.2 Å². The second kappa shape index (κ2) is 8.55. The molecule has 1 amide bonds. The van der Waals surface area contributed by atoms with Crippen LogP contribution >= 0.6 is 0 Å². The van der Waals surface area contributed by atoms with Gasteiger partial charge in [0.2, 0.25) is 0 Å². The van der Waals surface area contributed by atoms with E-state index in [2.05, 4.69) is 6.92 Å². The number of amides is 1. The van der Waals surface area contributed by atoms with Crippen LogP contribution in [0.1, 0.15) is 29.8 Å². The molecule has 0 radical (unpaired) electrons. The Labute approximate surface area is 184 Å². The molecule has 1 aliphatic rings. The van der Waals surface area contributed by atoms with Crippen molar-refractivity contribution in [3.8, 4) is 0 Å². The average Bonchev–Trinajstić information content (AvgIpc) is 2.79. The first-order valence-corrected chi connectivity index (χ1v) is 11.9. The summed E-state index contributed by atoms with van der Waals surface area (Å²) in [6.45, 7) is 4.82. The van der Waals surface area contributed by atoms with Crippen LogP contribution in [0.2, 0.25) is 0 Å². The minimum Gasteiger partial charge on any atom is -0.308 e. The highest BCUT2D eigenvalue weighted by Crippen LogP contribution is 2.31. The quantitative estimate of drug-likeness (QED) is 0.583. The Morgan fingerprint density at radius 2 is 1.71 bits per heavy atom. The van der Waals surface area contributed by atoms with Crippen molar-refractivity contribution in [2.45, 2.75) is 25.2 Å². The van der Waals surface area contributed by atoms with Gasteiger partial charge >= 0.3 is 0 Å². The van der Waals surface area contributed by atoms with Crippen LogP contribution in [0.25, 0.3) is 0 Å². The van der Waals surface area contributed by atoms with Gasteiger partial charge in [-0.3, -0.25) is 9.10 Å². The van der Waals surface area contributed by atoms with Crippen LogP contribution in [0.4, 0.5) is 11.4 Å². The lowest BCUT2D eigenvalue weighted by molar-refractivity contribution is 0.0981. The molecule has 0 N–H and O–H groups in total. The summed E-state index contributed by atoms with van der Waals surface area (Å²) >= 11 is 0. The van der Waals surface area contributed by atoms with Gasteiger partial charge in [0.25, 0.3) is 15.9 Å². The van der Waals surface area contributed by atoms with Crippen molar-refractivity contribution in [2.24, 2.45) is 5.92 Å². The molecule has 1 aliphatic heterocycles. The molecule has 6 heteroatoms. The third-order valence-corrected chi connectivity index (χ3v) is 7.49. The molecule has 4 rings (SSSR count). The van der Waals surface area contributed by atoms with Crippen molar-refractivity contribution in [1.82, 2.24) is 0 Å². The summed E-state index contributed by atoms with van der Waals surface area (Å²) in [5, 5.41) is 0. The van der Waals surface area contributed by atoms with Crippen molar-refractivity contribution in [1.29, 1.82) is 0 Å². The summed E-state index contributed by atoms with van der Waals surface area (Å²) in [7, 11) is -3.80. The second-order valence-corrected chi connectivity index (χ2v) is 9.75. The Hall–Kier alpha value is -3.12. The van der Waals surface area contributed by atoms with E-state index in [1.165, 1.54) is 10.4 Å². The van der Waals surface area contributed by atoms with Crippen LogP contribution < -0.4 is 9.21 Å². The number of carbonyl (C=O) groups excluding carboxylic acids is 1. The number of hydrogen-bond acceptors (Lipinski definition) is 3. The molecule has 3 aromatic rings. The van der Waals surface area contributed by atoms with Crippen molar-refractivity contribution in [2.75, 3.05) is 22.3 Å². The molecule has 0 spiro atoms. The maximum Gasteiger partial charge on any atom is 0.264 e. The lowest BCUT2D eigenvalue weighted by atomic mass is 9.93.